The maximum atomic E-state index is 13.1. The number of anilines is 4. The molecular weight excluding hydrogens is 777 g/mol. The second-order valence-corrected chi connectivity index (χ2v) is 18.6. The second kappa shape index (κ2) is 13.1. The lowest BCUT2D eigenvalue weighted by molar-refractivity contribution is 0.599. The average Bonchev–Trinajstić information content (AvgIpc) is 3.64. The third kappa shape index (κ3) is 6.80. The Morgan fingerprint density at radius 3 is 2.06 bits per heavy atom. The van der Waals surface area contributed by atoms with E-state index >= 15 is 0 Å². The molecule has 270 valence electrons. The fraction of sp³-hybridized carbons (Fsp3) is 0.211. The first-order valence-electron chi connectivity index (χ1n) is 16.9. The Morgan fingerprint density at radius 2 is 1.36 bits per heavy atom. The van der Waals surface area contributed by atoms with E-state index in [2.05, 4.69) is 45.5 Å². The number of hydrogen-bond donors (Lipinski definition) is 2. The van der Waals surface area contributed by atoms with Gasteiger partial charge in [-0.3, -0.25) is 0 Å². The number of hydrogen-bond acceptors (Lipinski definition) is 10. The van der Waals surface area contributed by atoms with Crippen molar-refractivity contribution in [1.29, 1.82) is 0 Å². The molecule has 0 aliphatic heterocycles. The Labute approximate surface area is 315 Å². The van der Waals surface area contributed by atoms with Gasteiger partial charge in [0.05, 0.1) is 32.4 Å². The molecule has 2 N–H and O–H groups in total. The highest BCUT2D eigenvalue weighted by Gasteiger charge is 2.44. The minimum absolute atomic E-state index is 0.0362. The van der Waals surface area contributed by atoms with E-state index in [1.165, 1.54) is 12.5 Å². The summed E-state index contributed by atoms with van der Waals surface area (Å²) in [4.78, 5) is 10.3. The van der Waals surface area contributed by atoms with Gasteiger partial charge in [0.15, 0.2) is 31.0 Å². The second-order valence-electron chi connectivity index (χ2n) is 13.7. The summed E-state index contributed by atoms with van der Waals surface area (Å²) in [5, 5.41) is 16.1. The fourth-order valence-electron chi connectivity index (χ4n) is 6.64. The lowest BCUT2D eigenvalue weighted by atomic mass is 10.1. The van der Waals surface area contributed by atoms with E-state index in [4.69, 9.17) is 15.1 Å². The number of fused-ring (bicyclic) bond motifs is 2. The van der Waals surface area contributed by atoms with Gasteiger partial charge in [0, 0.05) is 52.8 Å². The van der Waals surface area contributed by atoms with Gasteiger partial charge >= 0.3 is 0 Å². The van der Waals surface area contributed by atoms with Crippen LogP contribution in [0.3, 0.4) is 0 Å². The van der Waals surface area contributed by atoms with Crippen LogP contribution in [0.25, 0.3) is 22.6 Å². The Kier molecular flexibility index (Phi) is 8.62. The predicted molar refractivity (Wildman–Crippen MR) is 209 cm³/mol. The molecule has 15 heteroatoms. The summed E-state index contributed by atoms with van der Waals surface area (Å²) < 4.78 is 54.6. The minimum atomic E-state index is -3.55. The highest BCUT2D eigenvalue weighted by molar-refractivity contribution is 9.10. The highest BCUT2D eigenvalue weighted by Crippen LogP contribution is 2.57. The monoisotopic (exact) mass is 810 g/mol. The number of benzene rings is 3. The molecule has 0 spiro atoms. The van der Waals surface area contributed by atoms with Crippen LogP contribution in [0.5, 0.6) is 0 Å². The molecule has 12 nitrogen and oxygen atoms in total. The number of nitrogens with one attached hydrogen (secondary N) is 2. The van der Waals surface area contributed by atoms with Gasteiger partial charge in [-0.1, -0.05) is 44.2 Å². The molecule has 4 aromatic heterocycles. The summed E-state index contributed by atoms with van der Waals surface area (Å²) in [7, 11) is -6.90. The number of nitrogens with zero attached hydrogens (tertiary/aromatic N) is 6. The molecule has 0 bridgehead atoms. The van der Waals surface area contributed by atoms with Crippen LogP contribution in [0.4, 0.5) is 23.0 Å². The van der Waals surface area contributed by atoms with E-state index in [9.17, 15) is 16.8 Å². The Balaban J connectivity index is 1.18. The first-order chi connectivity index (χ1) is 25.2. The van der Waals surface area contributed by atoms with Crippen LogP contribution in [-0.2, 0) is 19.7 Å². The van der Waals surface area contributed by atoms with Gasteiger partial charge in [-0.05, 0) is 88.1 Å². The van der Waals surface area contributed by atoms with Crippen LogP contribution >= 0.6 is 15.9 Å². The summed E-state index contributed by atoms with van der Waals surface area (Å²) >= 11 is 3.55. The highest BCUT2D eigenvalue weighted by atomic mass is 79.9. The Hall–Kier alpha value is -5.12. The summed E-state index contributed by atoms with van der Waals surface area (Å²) in [5.74, 6) is 1.39. The summed E-state index contributed by atoms with van der Waals surface area (Å²) in [6.45, 7) is 4.16. The molecule has 4 heterocycles. The third-order valence-electron chi connectivity index (χ3n) is 9.43. The summed E-state index contributed by atoms with van der Waals surface area (Å²) in [6.07, 6.45) is 6.63. The van der Waals surface area contributed by atoms with Crippen LogP contribution in [-0.4, -0.2) is 58.5 Å². The van der Waals surface area contributed by atoms with Gasteiger partial charge in [-0.25, -0.2) is 26.8 Å². The van der Waals surface area contributed by atoms with Crippen molar-refractivity contribution in [3.05, 3.63) is 119 Å². The van der Waals surface area contributed by atoms with E-state index in [-0.39, 0.29) is 27.5 Å². The standard InChI is InChI=1S/C38H35BrN8O4S2/c1-22(2)32-18-35(47-38(44-32)31(39)21-41-47)43-25-12-15-34(53(4,50)51)29(16-25)27-17-28(27)30-20-40-46-36(42-24-10-13-26(14-11-24)52(3,48)49)19-33(45-37(30)46)23-8-6-5-7-9-23/h5-16,18-22,27-28,42-43H,17H2,1-4H3. The van der Waals surface area contributed by atoms with Crippen LogP contribution < -0.4 is 10.6 Å². The van der Waals surface area contributed by atoms with Gasteiger partial charge in [0.1, 0.15) is 11.6 Å². The van der Waals surface area contributed by atoms with E-state index < -0.39 is 19.7 Å². The molecule has 0 amide bonds. The van der Waals surface area contributed by atoms with Crippen molar-refractivity contribution in [3.63, 3.8) is 0 Å². The van der Waals surface area contributed by atoms with Crippen LogP contribution in [0.2, 0.25) is 0 Å². The van der Waals surface area contributed by atoms with Gasteiger partial charge in [0.2, 0.25) is 0 Å². The normalized spacial score (nSPS) is 16.0. The molecule has 1 saturated carbocycles. The molecule has 8 rings (SSSR count). The van der Waals surface area contributed by atoms with Crippen molar-refractivity contribution in [2.45, 2.75) is 47.8 Å². The molecule has 2 unspecified atom stereocenters. The molecule has 7 aromatic rings. The number of sulfone groups is 2. The van der Waals surface area contributed by atoms with Gasteiger partial charge in [0.25, 0.3) is 0 Å². The van der Waals surface area contributed by atoms with Crippen LogP contribution in [0, 0.1) is 0 Å². The van der Waals surface area contributed by atoms with Gasteiger partial charge < -0.3 is 10.6 Å². The van der Waals surface area contributed by atoms with Crippen LogP contribution in [0.1, 0.15) is 54.8 Å². The fourth-order valence-corrected chi connectivity index (χ4v) is 8.58. The minimum Gasteiger partial charge on any atom is -0.340 e. The number of aromatic nitrogens is 6. The first-order valence-corrected chi connectivity index (χ1v) is 21.5. The molecular formula is C38H35BrN8O4S2. The van der Waals surface area contributed by atoms with Crippen molar-refractivity contribution in [2.24, 2.45) is 0 Å². The lowest BCUT2D eigenvalue weighted by Gasteiger charge is -2.15. The molecule has 1 fully saturated rings. The Bertz CT molecular complexity index is 2770. The zero-order valence-electron chi connectivity index (χ0n) is 29.2. The van der Waals surface area contributed by atoms with E-state index in [1.807, 2.05) is 48.5 Å². The lowest BCUT2D eigenvalue weighted by Crippen LogP contribution is -2.07. The van der Waals surface area contributed by atoms with E-state index in [0.717, 1.165) is 38.2 Å². The topological polar surface area (TPSA) is 153 Å². The van der Waals surface area contributed by atoms with Crippen molar-refractivity contribution in [3.8, 4) is 11.3 Å². The molecule has 53 heavy (non-hydrogen) atoms. The van der Waals surface area contributed by atoms with Gasteiger partial charge in [-0.15, -0.1) is 0 Å². The molecule has 0 saturated heterocycles. The largest absolute Gasteiger partial charge is 0.340 e. The first kappa shape index (κ1) is 34.9. The van der Waals surface area contributed by atoms with Crippen molar-refractivity contribution in [1.82, 2.24) is 29.2 Å². The predicted octanol–water partition coefficient (Wildman–Crippen LogP) is 7.89. The van der Waals surface area contributed by atoms with Crippen molar-refractivity contribution in [2.75, 3.05) is 23.1 Å². The zero-order valence-corrected chi connectivity index (χ0v) is 32.4. The van der Waals surface area contributed by atoms with Gasteiger partial charge in [-0.2, -0.15) is 19.2 Å². The number of halogens is 1. The third-order valence-corrected chi connectivity index (χ3v) is 12.3. The SMILES string of the molecule is CC(C)c1cc(Nc2ccc(S(C)(=O)=O)c(C3CC3c3cnn4c(Nc5ccc(S(C)(=O)=O)cc5)cc(-c5ccccc5)nc34)c2)n2ncc(Br)c2n1. The Morgan fingerprint density at radius 1 is 0.717 bits per heavy atom. The van der Waals surface area contributed by atoms with Crippen molar-refractivity contribution >= 4 is 69.9 Å². The molecule has 2 atom stereocenters. The van der Waals surface area contributed by atoms with E-state index in [1.54, 1.807) is 57.8 Å². The van der Waals surface area contributed by atoms with E-state index in [0.29, 0.717) is 35.0 Å². The molecule has 1 aliphatic rings. The molecule has 3 aromatic carbocycles. The molecule has 1 aliphatic carbocycles. The zero-order chi connectivity index (χ0) is 37.2. The van der Waals surface area contributed by atoms with Crippen molar-refractivity contribution < 1.29 is 16.8 Å². The quantitative estimate of drug-likeness (QED) is 0.140. The maximum Gasteiger partial charge on any atom is 0.175 e. The van der Waals surface area contributed by atoms with Crippen LogP contribution in [0.15, 0.2) is 112 Å². The average molecular weight is 812 g/mol. The number of rotatable bonds is 10. The summed E-state index contributed by atoms with van der Waals surface area (Å²) in [5.41, 5.74) is 6.90. The molecule has 0 radical (unpaired) electrons. The maximum absolute atomic E-state index is 13.1. The summed E-state index contributed by atoms with van der Waals surface area (Å²) in [6, 6.07) is 25.6. The smallest absolute Gasteiger partial charge is 0.175 e.